The molecule has 0 heterocycles. The van der Waals surface area contributed by atoms with E-state index in [1.807, 2.05) is 38.1 Å². The highest BCUT2D eigenvalue weighted by molar-refractivity contribution is 5.25. The summed E-state index contributed by atoms with van der Waals surface area (Å²) in [5, 5.41) is 17.7. The fraction of sp³-hybridized carbons (Fsp3) is 0.429. The summed E-state index contributed by atoms with van der Waals surface area (Å²) >= 11 is 0. The molecule has 0 aromatic heterocycles. The van der Waals surface area contributed by atoms with E-state index in [4.69, 9.17) is 16.3 Å². The molecule has 18 heavy (non-hydrogen) atoms. The highest BCUT2D eigenvalue weighted by Crippen LogP contribution is 2.23. The third-order valence-electron chi connectivity index (χ3n) is 2.86. The first-order valence-corrected chi connectivity index (χ1v) is 5.90. The number of rotatable bonds is 5. The fourth-order valence-corrected chi connectivity index (χ4v) is 2.04. The fourth-order valence-electron chi connectivity index (χ4n) is 2.04. The Morgan fingerprint density at radius 1 is 1.17 bits per heavy atom. The van der Waals surface area contributed by atoms with Crippen LogP contribution in [0.4, 0.5) is 0 Å². The topological polar surface area (TPSA) is 76.8 Å². The van der Waals surface area contributed by atoms with Crippen molar-refractivity contribution in [2.45, 2.75) is 25.9 Å². The maximum atomic E-state index is 8.84. The van der Waals surface area contributed by atoms with Crippen LogP contribution in [0.2, 0.25) is 0 Å². The van der Waals surface area contributed by atoms with Gasteiger partial charge in [0, 0.05) is 6.04 Å². The van der Waals surface area contributed by atoms with Gasteiger partial charge in [-0.2, -0.15) is 10.5 Å². The second kappa shape index (κ2) is 6.76. The second-order valence-corrected chi connectivity index (χ2v) is 4.44. The van der Waals surface area contributed by atoms with Crippen molar-refractivity contribution in [3.8, 4) is 12.1 Å². The van der Waals surface area contributed by atoms with Crippen LogP contribution in [0.15, 0.2) is 24.3 Å². The number of benzene rings is 1. The van der Waals surface area contributed by atoms with Crippen LogP contribution < -0.4 is 5.73 Å². The summed E-state index contributed by atoms with van der Waals surface area (Å²) in [4.78, 5) is 1.80. The van der Waals surface area contributed by atoms with E-state index in [-0.39, 0.29) is 25.2 Å². The Labute approximate surface area is 108 Å². The Morgan fingerprint density at radius 2 is 1.67 bits per heavy atom. The van der Waals surface area contributed by atoms with Gasteiger partial charge in [-0.3, -0.25) is 4.90 Å². The quantitative estimate of drug-likeness (QED) is 0.798. The Kier molecular flexibility index (Phi) is 5.32. The lowest BCUT2D eigenvalue weighted by atomic mass is 9.98. The molecule has 4 heteroatoms. The van der Waals surface area contributed by atoms with E-state index in [9.17, 15) is 0 Å². The van der Waals surface area contributed by atoms with E-state index < -0.39 is 0 Å². The maximum absolute atomic E-state index is 8.84. The SMILES string of the molecule is Cc1ccc(C(C(C)N)N(CC#N)CC#N)cc1. The van der Waals surface area contributed by atoms with Gasteiger partial charge < -0.3 is 5.73 Å². The molecule has 2 N–H and O–H groups in total. The predicted molar refractivity (Wildman–Crippen MR) is 70.4 cm³/mol. The van der Waals surface area contributed by atoms with E-state index in [1.54, 1.807) is 4.90 Å². The Morgan fingerprint density at radius 3 is 2.06 bits per heavy atom. The lowest BCUT2D eigenvalue weighted by Crippen LogP contribution is -2.40. The van der Waals surface area contributed by atoms with Gasteiger partial charge in [-0.25, -0.2) is 0 Å². The summed E-state index contributed by atoms with van der Waals surface area (Å²) < 4.78 is 0. The zero-order valence-electron chi connectivity index (χ0n) is 10.8. The first-order valence-electron chi connectivity index (χ1n) is 5.90. The lowest BCUT2D eigenvalue weighted by molar-refractivity contribution is 0.222. The summed E-state index contributed by atoms with van der Waals surface area (Å²) in [6.45, 7) is 4.32. The van der Waals surface area contributed by atoms with Gasteiger partial charge in [0.1, 0.15) is 0 Å². The summed E-state index contributed by atoms with van der Waals surface area (Å²) in [5.41, 5.74) is 8.23. The van der Waals surface area contributed by atoms with Crippen molar-refractivity contribution in [2.24, 2.45) is 5.73 Å². The minimum absolute atomic E-state index is 0.107. The average Bonchev–Trinajstić information content (AvgIpc) is 2.32. The van der Waals surface area contributed by atoms with Crippen LogP contribution in [0.1, 0.15) is 24.1 Å². The van der Waals surface area contributed by atoms with Crippen LogP contribution in [-0.4, -0.2) is 24.0 Å². The first-order chi connectivity index (χ1) is 8.60. The molecule has 0 saturated carbocycles. The smallest absolute Gasteiger partial charge is 0.0879 e. The number of nitrogens with zero attached hydrogens (tertiary/aromatic N) is 3. The molecule has 0 aliphatic rings. The number of aryl methyl sites for hydroxylation is 1. The maximum Gasteiger partial charge on any atom is 0.0879 e. The molecule has 2 unspecified atom stereocenters. The zero-order valence-corrected chi connectivity index (χ0v) is 10.8. The largest absolute Gasteiger partial charge is 0.326 e. The molecule has 1 aromatic rings. The highest BCUT2D eigenvalue weighted by atomic mass is 15.2. The highest BCUT2D eigenvalue weighted by Gasteiger charge is 2.23. The van der Waals surface area contributed by atoms with Gasteiger partial charge in [0.05, 0.1) is 31.3 Å². The Balaban J connectivity index is 3.04. The van der Waals surface area contributed by atoms with Gasteiger partial charge in [0.15, 0.2) is 0 Å². The second-order valence-electron chi connectivity index (χ2n) is 4.44. The average molecular weight is 242 g/mol. The number of nitrogens with two attached hydrogens (primary N) is 1. The van der Waals surface area contributed by atoms with E-state index >= 15 is 0 Å². The van der Waals surface area contributed by atoms with Crippen molar-refractivity contribution in [3.63, 3.8) is 0 Å². The Hall–Kier alpha value is -1.88. The van der Waals surface area contributed by atoms with Crippen molar-refractivity contribution in [1.82, 2.24) is 4.90 Å². The third-order valence-corrected chi connectivity index (χ3v) is 2.86. The summed E-state index contributed by atoms with van der Waals surface area (Å²) in [7, 11) is 0. The number of nitriles is 2. The molecule has 4 nitrogen and oxygen atoms in total. The molecule has 0 bridgehead atoms. The molecule has 0 aliphatic carbocycles. The van der Waals surface area contributed by atoms with E-state index in [1.165, 1.54) is 5.56 Å². The summed E-state index contributed by atoms with van der Waals surface area (Å²) in [5.74, 6) is 0. The van der Waals surface area contributed by atoms with Crippen molar-refractivity contribution < 1.29 is 0 Å². The third kappa shape index (κ3) is 3.56. The van der Waals surface area contributed by atoms with Crippen LogP contribution in [0.25, 0.3) is 0 Å². The molecule has 0 radical (unpaired) electrons. The monoisotopic (exact) mass is 242 g/mol. The molecule has 0 aliphatic heterocycles. The van der Waals surface area contributed by atoms with E-state index in [0.717, 1.165) is 5.56 Å². The first kappa shape index (κ1) is 14.2. The molecule has 0 fully saturated rings. The van der Waals surface area contributed by atoms with E-state index in [2.05, 4.69) is 12.1 Å². The molecule has 1 aromatic carbocycles. The van der Waals surface area contributed by atoms with Crippen molar-refractivity contribution in [2.75, 3.05) is 13.1 Å². The minimum Gasteiger partial charge on any atom is -0.326 e. The molecule has 2 atom stereocenters. The van der Waals surface area contributed by atoms with Crippen LogP contribution in [0.5, 0.6) is 0 Å². The molecular weight excluding hydrogens is 224 g/mol. The van der Waals surface area contributed by atoms with Gasteiger partial charge in [-0.1, -0.05) is 29.8 Å². The molecule has 0 saturated heterocycles. The van der Waals surface area contributed by atoms with Crippen LogP contribution in [-0.2, 0) is 0 Å². The summed E-state index contributed by atoms with van der Waals surface area (Å²) in [6.07, 6.45) is 0. The molecule has 0 spiro atoms. The normalized spacial score (nSPS) is 13.7. The lowest BCUT2D eigenvalue weighted by Gasteiger charge is -2.31. The van der Waals surface area contributed by atoms with Crippen molar-refractivity contribution in [3.05, 3.63) is 35.4 Å². The zero-order chi connectivity index (χ0) is 13.5. The van der Waals surface area contributed by atoms with Crippen LogP contribution in [0, 0.1) is 29.6 Å². The van der Waals surface area contributed by atoms with Gasteiger partial charge in [0.2, 0.25) is 0 Å². The van der Waals surface area contributed by atoms with E-state index in [0.29, 0.717) is 0 Å². The predicted octanol–water partition coefficient (Wildman–Crippen LogP) is 1.73. The Bertz CT molecular complexity index is 434. The number of hydrogen-bond acceptors (Lipinski definition) is 4. The van der Waals surface area contributed by atoms with Crippen LogP contribution >= 0.6 is 0 Å². The summed E-state index contributed by atoms with van der Waals surface area (Å²) in [6, 6.07) is 12.0. The number of hydrogen-bond donors (Lipinski definition) is 1. The molecule has 94 valence electrons. The molecule has 1 rings (SSSR count). The minimum atomic E-state index is -0.144. The molecular formula is C14H18N4. The van der Waals surface area contributed by atoms with Crippen molar-refractivity contribution >= 4 is 0 Å². The standard InChI is InChI=1S/C14H18N4/c1-11-3-5-13(6-4-11)14(12(2)17)18(9-7-15)10-8-16/h3-6,12,14H,9-10,17H2,1-2H3. The van der Waals surface area contributed by atoms with Gasteiger partial charge in [-0.15, -0.1) is 0 Å². The molecule has 0 amide bonds. The van der Waals surface area contributed by atoms with Gasteiger partial charge >= 0.3 is 0 Å². The van der Waals surface area contributed by atoms with Gasteiger partial charge in [0.25, 0.3) is 0 Å². The van der Waals surface area contributed by atoms with Crippen molar-refractivity contribution in [1.29, 1.82) is 10.5 Å². The van der Waals surface area contributed by atoms with Gasteiger partial charge in [-0.05, 0) is 19.4 Å². The van der Waals surface area contributed by atoms with Crippen LogP contribution in [0.3, 0.4) is 0 Å².